The fourth-order valence-electron chi connectivity index (χ4n) is 1.30. The van der Waals surface area contributed by atoms with E-state index in [1.807, 2.05) is 0 Å². The molecule has 1 aromatic rings. The molecule has 0 aliphatic heterocycles. The van der Waals surface area contributed by atoms with Crippen molar-refractivity contribution in [3.63, 3.8) is 0 Å². The summed E-state index contributed by atoms with van der Waals surface area (Å²) in [6, 6.07) is 4.93. The van der Waals surface area contributed by atoms with Crippen molar-refractivity contribution in [2.75, 3.05) is 6.61 Å². The number of carbonyl (C=O) groups is 3. The summed E-state index contributed by atoms with van der Waals surface area (Å²) in [6.45, 7) is 3.20. The Morgan fingerprint density at radius 1 is 1.20 bits per heavy atom. The fourth-order valence-corrected chi connectivity index (χ4v) is 1.30. The van der Waals surface area contributed by atoms with E-state index in [1.54, 1.807) is 13.8 Å². The minimum atomic E-state index is -1.04. The van der Waals surface area contributed by atoms with Crippen molar-refractivity contribution in [1.82, 2.24) is 10.6 Å². The third-order valence-electron chi connectivity index (χ3n) is 2.14. The van der Waals surface area contributed by atoms with Gasteiger partial charge in [-0.3, -0.25) is 10.1 Å². The highest BCUT2D eigenvalue weighted by Crippen LogP contribution is 2.11. The van der Waals surface area contributed by atoms with Crippen molar-refractivity contribution in [1.29, 1.82) is 0 Å². The Labute approximate surface area is 115 Å². The van der Waals surface area contributed by atoms with Gasteiger partial charge in [0.15, 0.2) is 6.61 Å². The minimum absolute atomic E-state index is 0.0766. The number of benzene rings is 1. The van der Waals surface area contributed by atoms with E-state index in [1.165, 1.54) is 24.3 Å². The van der Waals surface area contributed by atoms with Crippen molar-refractivity contribution < 1.29 is 24.2 Å². The predicted molar refractivity (Wildman–Crippen MR) is 70.7 cm³/mol. The van der Waals surface area contributed by atoms with E-state index in [4.69, 9.17) is 9.84 Å². The fraction of sp³-hybridized carbons (Fsp3) is 0.308. The molecular weight excluding hydrogens is 264 g/mol. The normalized spacial score (nSPS) is 9.95. The first-order valence-electron chi connectivity index (χ1n) is 5.95. The number of rotatable bonds is 5. The summed E-state index contributed by atoms with van der Waals surface area (Å²) in [5, 5.41) is 13.3. The van der Waals surface area contributed by atoms with Crippen molar-refractivity contribution in [3.8, 4) is 5.75 Å². The van der Waals surface area contributed by atoms with Crippen LogP contribution in [0.15, 0.2) is 24.3 Å². The Morgan fingerprint density at radius 2 is 1.80 bits per heavy atom. The van der Waals surface area contributed by atoms with Crippen LogP contribution in [0.1, 0.15) is 24.2 Å². The summed E-state index contributed by atoms with van der Waals surface area (Å²) in [7, 11) is 0. The number of imide groups is 1. The van der Waals surface area contributed by atoms with E-state index in [-0.39, 0.29) is 18.2 Å². The minimum Gasteiger partial charge on any atom is -0.484 e. The smallest absolute Gasteiger partial charge is 0.335 e. The Morgan fingerprint density at radius 3 is 2.30 bits per heavy atom. The summed E-state index contributed by atoms with van der Waals surface area (Å²) < 4.78 is 5.12. The molecule has 3 amide bonds. The zero-order chi connectivity index (χ0) is 15.1. The molecule has 20 heavy (non-hydrogen) atoms. The highest BCUT2D eigenvalue weighted by atomic mass is 16.5. The highest BCUT2D eigenvalue weighted by molar-refractivity contribution is 5.95. The third kappa shape index (κ3) is 5.38. The highest BCUT2D eigenvalue weighted by Gasteiger charge is 2.09. The van der Waals surface area contributed by atoms with E-state index >= 15 is 0 Å². The lowest BCUT2D eigenvalue weighted by Gasteiger charge is -2.10. The Balaban J connectivity index is 2.41. The van der Waals surface area contributed by atoms with Gasteiger partial charge in [0.2, 0.25) is 0 Å². The third-order valence-corrected chi connectivity index (χ3v) is 2.14. The number of carboxylic acid groups (broad SMARTS) is 1. The summed E-state index contributed by atoms with van der Waals surface area (Å²) in [5.41, 5.74) is 0.123. The zero-order valence-electron chi connectivity index (χ0n) is 11.2. The molecule has 0 spiro atoms. The molecule has 108 valence electrons. The van der Waals surface area contributed by atoms with Gasteiger partial charge in [0.1, 0.15) is 5.75 Å². The van der Waals surface area contributed by atoms with Crippen LogP contribution in [0.4, 0.5) is 4.79 Å². The number of urea groups is 1. The van der Waals surface area contributed by atoms with Crippen molar-refractivity contribution in [3.05, 3.63) is 29.8 Å². The molecule has 7 heteroatoms. The molecule has 0 aliphatic rings. The van der Waals surface area contributed by atoms with Gasteiger partial charge in [-0.25, -0.2) is 9.59 Å². The SMILES string of the molecule is CC(C)NC(=O)NC(=O)COc1ccc(C(=O)O)cc1. The first kappa shape index (κ1) is 15.5. The second-order valence-electron chi connectivity index (χ2n) is 4.29. The molecule has 0 saturated heterocycles. The second-order valence-corrected chi connectivity index (χ2v) is 4.29. The average molecular weight is 280 g/mol. The summed E-state index contributed by atoms with van der Waals surface area (Å²) in [4.78, 5) is 33.3. The topological polar surface area (TPSA) is 105 Å². The molecule has 0 bridgehead atoms. The number of amides is 3. The van der Waals surface area contributed by atoms with Gasteiger partial charge in [0.25, 0.3) is 5.91 Å². The van der Waals surface area contributed by atoms with Crippen molar-refractivity contribution >= 4 is 17.9 Å². The van der Waals surface area contributed by atoms with Crippen LogP contribution in [0.2, 0.25) is 0 Å². The lowest BCUT2D eigenvalue weighted by molar-refractivity contribution is -0.122. The summed E-state index contributed by atoms with van der Waals surface area (Å²) in [6.07, 6.45) is 0. The molecule has 1 aromatic carbocycles. The Bertz CT molecular complexity index is 496. The van der Waals surface area contributed by atoms with E-state index in [0.29, 0.717) is 5.75 Å². The van der Waals surface area contributed by atoms with E-state index in [0.717, 1.165) is 0 Å². The van der Waals surface area contributed by atoms with Crippen LogP contribution >= 0.6 is 0 Å². The quantitative estimate of drug-likeness (QED) is 0.746. The lowest BCUT2D eigenvalue weighted by Crippen LogP contribution is -2.44. The van der Waals surface area contributed by atoms with Crippen molar-refractivity contribution in [2.45, 2.75) is 19.9 Å². The van der Waals surface area contributed by atoms with Crippen LogP contribution in [0.3, 0.4) is 0 Å². The Kier molecular flexibility index (Phi) is 5.52. The number of hydrogen-bond acceptors (Lipinski definition) is 4. The molecule has 0 unspecified atom stereocenters. The average Bonchev–Trinajstić information content (AvgIpc) is 2.35. The second kappa shape index (κ2) is 7.13. The van der Waals surface area contributed by atoms with Gasteiger partial charge in [0.05, 0.1) is 5.56 Å². The first-order valence-corrected chi connectivity index (χ1v) is 5.95. The largest absolute Gasteiger partial charge is 0.484 e. The number of carbonyl (C=O) groups excluding carboxylic acids is 2. The number of ether oxygens (including phenoxy) is 1. The standard InChI is InChI=1S/C13H16N2O5/c1-8(2)14-13(19)15-11(16)7-20-10-5-3-9(4-6-10)12(17)18/h3-6,8H,7H2,1-2H3,(H,17,18)(H2,14,15,16,19). The monoisotopic (exact) mass is 280 g/mol. The van der Waals surface area contributed by atoms with E-state index in [2.05, 4.69) is 10.6 Å². The van der Waals surface area contributed by atoms with Crippen molar-refractivity contribution in [2.24, 2.45) is 0 Å². The molecule has 3 N–H and O–H groups in total. The maximum Gasteiger partial charge on any atom is 0.335 e. The van der Waals surface area contributed by atoms with Crippen LogP contribution in [0, 0.1) is 0 Å². The number of hydrogen-bond donors (Lipinski definition) is 3. The van der Waals surface area contributed by atoms with Gasteiger partial charge >= 0.3 is 12.0 Å². The van der Waals surface area contributed by atoms with Gasteiger partial charge in [-0.15, -0.1) is 0 Å². The molecule has 0 fully saturated rings. The molecule has 0 aliphatic carbocycles. The molecule has 0 radical (unpaired) electrons. The maximum absolute atomic E-state index is 11.4. The van der Waals surface area contributed by atoms with Gasteiger partial charge in [0, 0.05) is 6.04 Å². The zero-order valence-corrected chi connectivity index (χ0v) is 11.2. The van der Waals surface area contributed by atoms with Crippen LogP contribution < -0.4 is 15.4 Å². The molecule has 0 heterocycles. The maximum atomic E-state index is 11.4. The molecular formula is C13H16N2O5. The predicted octanol–water partition coefficient (Wildman–Crippen LogP) is 0.998. The Hall–Kier alpha value is -2.57. The first-order chi connectivity index (χ1) is 9.38. The van der Waals surface area contributed by atoms with E-state index < -0.39 is 17.9 Å². The van der Waals surface area contributed by atoms with Gasteiger partial charge in [-0.1, -0.05) is 0 Å². The molecule has 7 nitrogen and oxygen atoms in total. The number of nitrogens with one attached hydrogen (secondary N) is 2. The molecule has 1 rings (SSSR count). The summed E-state index contributed by atoms with van der Waals surface area (Å²) in [5.74, 6) is -1.29. The molecule has 0 atom stereocenters. The van der Waals surface area contributed by atoms with E-state index in [9.17, 15) is 14.4 Å². The molecule has 0 aromatic heterocycles. The number of aromatic carboxylic acids is 1. The molecule has 0 saturated carbocycles. The van der Waals surface area contributed by atoms with Gasteiger partial charge in [-0.2, -0.15) is 0 Å². The van der Waals surface area contributed by atoms with Gasteiger partial charge < -0.3 is 15.2 Å². The summed E-state index contributed by atoms with van der Waals surface area (Å²) >= 11 is 0. The van der Waals surface area contributed by atoms with Crippen LogP contribution in [0.25, 0.3) is 0 Å². The van der Waals surface area contributed by atoms with Crippen LogP contribution in [-0.4, -0.2) is 35.7 Å². The van der Waals surface area contributed by atoms with Crippen LogP contribution in [0.5, 0.6) is 5.75 Å². The van der Waals surface area contributed by atoms with Crippen LogP contribution in [-0.2, 0) is 4.79 Å². The van der Waals surface area contributed by atoms with Gasteiger partial charge in [-0.05, 0) is 38.1 Å². The lowest BCUT2D eigenvalue weighted by atomic mass is 10.2. The number of carboxylic acids is 1.